The lowest BCUT2D eigenvalue weighted by atomic mass is 10.1. The van der Waals surface area contributed by atoms with Crippen molar-refractivity contribution in [1.29, 1.82) is 0 Å². The zero-order valence-electron chi connectivity index (χ0n) is 21.9. The highest BCUT2D eigenvalue weighted by Gasteiger charge is 2.21. The van der Waals surface area contributed by atoms with Crippen LogP contribution < -0.4 is 10.1 Å². The first-order valence-electron chi connectivity index (χ1n) is 12.3. The highest BCUT2D eigenvalue weighted by atomic mass is 16.5. The van der Waals surface area contributed by atoms with E-state index in [9.17, 15) is 9.59 Å². The molecule has 0 aliphatic rings. The van der Waals surface area contributed by atoms with Crippen LogP contribution >= 0.6 is 0 Å². The van der Waals surface area contributed by atoms with Crippen molar-refractivity contribution < 1.29 is 14.3 Å². The third kappa shape index (κ3) is 5.72. The highest BCUT2D eigenvalue weighted by molar-refractivity contribution is 5.99. The Balaban J connectivity index is 1.63. The molecule has 0 spiro atoms. The molecular formula is C30H32N4O3. The predicted molar refractivity (Wildman–Crippen MR) is 146 cm³/mol. The molecule has 0 saturated heterocycles. The molecule has 4 aromatic rings. The van der Waals surface area contributed by atoms with Crippen molar-refractivity contribution in [3.63, 3.8) is 0 Å². The number of nitrogens with one attached hydrogen (secondary N) is 1. The maximum atomic E-state index is 13.2. The van der Waals surface area contributed by atoms with E-state index < -0.39 is 0 Å². The van der Waals surface area contributed by atoms with E-state index in [0.717, 1.165) is 28.1 Å². The first kappa shape index (κ1) is 25.7. The summed E-state index contributed by atoms with van der Waals surface area (Å²) in [7, 11) is 1.63. The largest absolute Gasteiger partial charge is 0.497 e. The van der Waals surface area contributed by atoms with Gasteiger partial charge >= 0.3 is 0 Å². The number of aromatic nitrogens is 2. The number of anilines is 1. The van der Waals surface area contributed by atoms with Crippen LogP contribution in [0.25, 0.3) is 16.9 Å². The van der Waals surface area contributed by atoms with Crippen LogP contribution in [-0.4, -0.2) is 46.5 Å². The molecule has 7 nitrogen and oxygen atoms in total. The molecule has 1 heterocycles. The van der Waals surface area contributed by atoms with Gasteiger partial charge in [-0.15, -0.1) is 0 Å². The molecule has 0 atom stereocenters. The van der Waals surface area contributed by atoms with Crippen molar-refractivity contribution in [3.8, 4) is 22.7 Å². The van der Waals surface area contributed by atoms with Crippen molar-refractivity contribution >= 4 is 17.8 Å². The number of methoxy groups -OCH3 is 1. The van der Waals surface area contributed by atoms with Crippen LogP contribution in [0, 0.1) is 20.8 Å². The number of nitrogens with zero attached hydrogens (tertiary/aromatic N) is 3. The molecule has 2 amide bonds. The highest BCUT2D eigenvalue weighted by Crippen LogP contribution is 2.27. The Hall–Kier alpha value is -4.39. The molecule has 0 aliphatic carbocycles. The van der Waals surface area contributed by atoms with Gasteiger partial charge in [0, 0.05) is 29.6 Å². The normalized spacial score (nSPS) is 10.7. The van der Waals surface area contributed by atoms with E-state index >= 15 is 0 Å². The third-order valence-electron chi connectivity index (χ3n) is 6.49. The summed E-state index contributed by atoms with van der Waals surface area (Å²) in [5, 5.41) is 2.94. The quantitative estimate of drug-likeness (QED) is 0.346. The Bertz CT molecular complexity index is 1420. The lowest BCUT2D eigenvalue weighted by molar-refractivity contribution is -0.116. The molecule has 1 aromatic heterocycles. The molecule has 0 saturated carbocycles. The molecule has 0 aliphatic heterocycles. The van der Waals surface area contributed by atoms with Crippen molar-refractivity contribution in [1.82, 2.24) is 14.5 Å². The zero-order valence-corrected chi connectivity index (χ0v) is 21.9. The number of rotatable bonds is 8. The summed E-state index contributed by atoms with van der Waals surface area (Å²) < 4.78 is 7.14. The average molecular weight is 497 g/mol. The summed E-state index contributed by atoms with van der Waals surface area (Å²) in [5.74, 6) is 0.648. The van der Waals surface area contributed by atoms with Crippen LogP contribution in [0.2, 0.25) is 0 Å². The molecule has 190 valence electrons. The van der Waals surface area contributed by atoms with Crippen molar-refractivity contribution in [3.05, 3.63) is 95.2 Å². The second-order valence-electron chi connectivity index (χ2n) is 9.00. The van der Waals surface area contributed by atoms with E-state index in [-0.39, 0.29) is 18.4 Å². The van der Waals surface area contributed by atoms with Crippen LogP contribution in [0.15, 0.2) is 72.9 Å². The average Bonchev–Trinajstić information content (AvgIpc) is 3.32. The Labute approximate surface area is 217 Å². The van der Waals surface area contributed by atoms with E-state index in [1.54, 1.807) is 13.2 Å². The summed E-state index contributed by atoms with van der Waals surface area (Å²) in [4.78, 5) is 32.5. The number of aryl methyl sites for hydroxylation is 3. The summed E-state index contributed by atoms with van der Waals surface area (Å²) in [6, 6.07) is 21.1. The van der Waals surface area contributed by atoms with Gasteiger partial charge < -0.3 is 9.64 Å². The number of hydrogen-bond donors (Lipinski definition) is 1. The molecule has 3 aromatic carbocycles. The molecule has 4 rings (SSSR count). The first-order valence-corrected chi connectivity index (χ1v) is 12.3. The minimum atomic E-state index is -0.319. The molecule has 0 unspecified atom stereocenters. The number of imidazole rings is 1. The van der Waals surface area contributed by atoms with E-state index in [1.165, 1.54) is 10.5 Å². The van der Waals surface area contributed by atoms with E-state index in [0.29, 0.717) is 23.8 Å². The molecule has 0 fully saturated rings. The lowest BCUT2D eigenvalue weighted by Gasteiger charge is -2.21. The van der Waals surface area contributed by atoms with E-state index in [1.807, 2.05) is 79.2 Å². The van der Waals surface area contributed by atoms with Gasteiger partial charge in [-0.3, -0.25) is 19.5 Å². The van der Waals surface area contributed by atoms with Crippen molar-refractivity contribution in [2.75, 3.05) is 25.5 Å². The fraction of sp³-hybridized carbons (Fsp3) is 0.233. The van der Waals surface area contributed by atoms with Gasteiger partial charge in [-0.05, 0) is 86.8 Å². The van der Waals surface area contributed by atoms with Crippen molar-refractivity contribution in [2.45, 2.75) is 27.7 Å². The minimum absolute atomic E-state index is 0.0820. The fourth-order valence-electron chi connectivity index (χ4n) is 4.09. The van der Waals surface area contributed by atoms with Gasteiger partial charge in [-0.25, -0.2) is 4.98 Å². The molecular weight excluding hydrogens is 464 g/mol. The Morgan fingerprint density at radius 1 is 0.946 bits per heavy atom. The summed E-state index contributed by atoms with van der Waals surface area (Å²) in [6.45, 7) is 8.19. The van der Waals surface area contributed by atoms with E-state index in [2.05, 4.69) is 25.2 Å². The van der Waals surface area contributed by atoms with Gasteiger partial charge in [0.15, 0.2) is 0 Å². The predicted octanol–water partition coefficient (Wildman–Crippen LogP) is 5.57. The maximum Gasteiger partial charge on any atom is 0.254 e. The number of ether oxygens (including phenoxy) is 1. The molecule has 37 heavy (non-hydrogen) atoms. The zero-order chi connectivity index (χ0) is 26.5. The summed E-state index contributed by atoms with van der Waals surface area (Å²) in [6.07, 6.45) is 1.90. The Morgan fingerprint density at radius 3 is 2.32 bits per heavy atom. The minimum Gasteiger partial charge on any atom is -0.497 e. The topological polar surface area (TPSA) is 76.5 Å². The Morgan fingerprint density at radius 2 is 1.68 bits per heavy atom. The maximum absolute atomic E-state index is 13.2. The number of amides is 2. The van der Waals surface area contributed by atoms with Gasteiger partial charge in [0.05, 0.1) is 12.8 Å². The number of carbonyl (C=O) groups excluding carboxylic acids is 2. The SMILES string of the molecule is CCN(CC(=O)Nc1nc(-c2ccc(OC)cc2)cn1-c1ccc(C)c(C)c1)C(=O)c1ccccc1C. The second kappa shape index (κ2) is 11.1. The van der Waals surface area contributed by atoms with E-state index in [4.69, 9.17) is 9.72 Å². The van der Waals surface area contributed by atoms with Gasteiger partial charge in [0.1, 0.15) is 12.3 Å². The summed E-state index contributed by atoms with van der Waals surface area (Å²) in [5.41, 5.74) is 6.27. The van der Waals surface area contributed by atoms with Gasteiger partial charge in [0.25, 0.3) is 5.91 Å². The van der Waals surface area contributed by atoms with Gasteiger partial charge in [0.2, 0.25) is 11.9 Å². The van der Waals surface area contributed by atoms with Crippen LogP contribution in [0.3, 0.4) is 0 Å². The summed E-state index contributed by atoms with van der Waals surface area (Å²) >= 11 is 0. The molecule has 0 radical (unpaired) electrons. The monoisotopic (exact) mass is 496 g/mol. The van der Waals surface area contributed by atoms with Crippen LogP contribution in [0.5, 0.6) is 5.75 Å². The van der Waals surface area contributed by atoms with Gasteiger partial charge in [-0.1, -0.05) is 24.3 Å². The van der Waals surface area contributed by atoms with Crippen molar-refractivity contribution in [2.24, 2.45) is 0 Å². The van der Waals surface area contributed by atoms with Crippen LogP contribution in [-0.2, 0) is 4.79 Å². The van der Waals surface area contributed by atoms with Crippen LogP contribution in [0.1, 0.15) is 34.0 Å². The standard InChI is InChI=1S/C30H32N4O3/c1-6-33(29(36)26-10-8-7-9-21(26)3)19-28(35)32-30-31-27(23-12-15-25(37-5)16-13-23)18-34(30)24-14-11-20(2)22(4)17-24/h7-18H,6,19H2,1-5H3,(H,31,32,35). The number of hydrogen-bond acceptors (Lipinski definition) is 4. The molecule has 1 N–H and O–H groups in total. The second-order valence-corrected chi connectivity index (χ2v) is 9.00. The first-order chi connectivity index (χ1) is 17.8. The van der Waals surface area contributed by atoms with Crippen LogP contribution in [0.4, 0.5) is 5.95 Å². The Kier molecular flexibility index (Phi) is 7.72. The third-order valence-corrected chi connectivity index (χ3v) is 6.49. The smallest absolute Gasteiger partial charge is 0.254 e. The molecule has 7 heteroatoms. The lowest BCUT2D eigenvalue weighted by Crippen LogP contribution is -2.38. The fourth-order valence-corrected chi connectivity index (χ4v) is 4.09. The van der Waals surface area contributed by atoms with Gasteiger partial charge in [-0.2, -0.15) is 0 Å². The number of likely N-dealkylation sites (N-methyl/N-ethyl adjacent to an activating group) is 1. The number of carbonyl (C=O) groups is 2. The number of benzene rings is 3. The molecule has 0 bridgehead atoms.